The fraction of sp³-hybridized carbons (Fsp3) is 0.364. The van der Waals surface area contributed by atoms with Gasteiger partial charge < -0.3 is 40.3 Å². The summed E-state index contributed by atoms with van der Waals surface area (Å²) in [4.78, 5) is 42.3. The van der Waals surface area contributed by atoms with Crippen molar-refractivity contribution in [2.45, 2.75) is 38.6 Å². The largest absolute Gasteiger partial charge is 0.497 e. The molecule has 0 saturated heterocycles. The lowest BCUT2D eigenvalue weighted by molar-refractivity contribution is -0.137. The Balaban J connectivity index is 1.52. The number of benzene rings is 3. The first-order valence-electron chi connectivity index (χ1n) is 14.9. The smallest absolute Gasteiger partial charge is 0.416 e. The van der Waals surface area contributed by atoms with E-state index in [1.54, 1.807) is 68.4 Å². The number of urea groups is 2. The van der Waals surface area contributed by atoms with Crippen LogP contribution < -0.4 is 25.4 Å². The van der Waals surface area contributed by atoms with E-state index in [2.05, 4.69) is 16.0 Å². The van der Waals surface area contributed by atoms with Crippen LogP contribution in [0.1, 0.15) is 25.0 Å². The number of amides is 5. The molecule has 0 unspecified atom stereocenters. The van der Waals surface area contributed by atoms with Crippen LogP contribution >= 0.6 is 0 Å². The van der Waals surface area contributed by atoms with E-state index in [-0.39, 0.29) is 49.7 Å². The molecule has 0 saturated carbocycles. The maximum atomic E-state index is 13.5. The molecule has 0 spiro atoms. The predicted octanol–water partition coefficient (Wildman–Crippen LogP) is 5.67. The number of ether oxygens (including phenoxy) is 2. The third kappa shape index (κ3) is 9.28. The van der Waals surface area contributed by atoms with Crippen molar-refractivity contribution in [3.8, 4) is 11.5 Å². The van der Waals surface area contributed by atoms with E-state index in [1.165, 1.54) is 4.90 Å². The van der Waals surface area contributed by atoms with E-state index in [4.69, 9.17) is 9.47 Å². The minimum Gasteiger partial charge on any atom is -0.497 e. The van der Waals surface area contributed by atoms with Crippen LogP contribution in [0, 0.1) is 5.92 Å². The summed E-state index contributed by atoms with van der Waals surface area (Å²) >= 11 is 0. The first-order valence-corrected chi connectivity index (χ1v) is 14.9. The molecule has 4 rings (SSSR count). The fourth-order valence-electron chi connectivity index (χ4n) is 5.01. The molecule has 0 radical (unpaired) electrons. The highest BCUT2D eigenvalue weighted by Crippen LogP contribution is 2.31. The van der Waals surface area contributed by atoms with Crippen LogP contribution in [0.4, 0.5) is 39.8 Å². The Morgan fingerprint density at radius 3 is 2.23 bits per heavy atom. The Morgan fingerprint density at radius 1 is 1.02 bits per heavy atom. The number of alkyl halides is 3. The molecule has 0 fully saturated rings. The molecule has 0 aliphatic carbocycles. The average Bonchev–Trinajstić information content (AvgIpc) is 3.08. The van der Waals surface area contributed by atoms with E-state index in [9.17, 15) is 32.7 Å². The third-order valence-corrected chi connectivity index (χ3v) is 7.79. The van der Waals surface area contributed by atoms with Gasteiger partial charge in [0.25, 0.3) is 0 Å². The Bertz CT molecular complexity index is 1550. The third-order valence-electron chi connectivity index (χ3n) is 7.79. The van der Waals surface area contributed by atoms with Gasteiger partial charge >= 0.3 is 18.2 Å². The van der Waals surface area contributed by atoms with Crippen LogP contribution in [-0.2, 0) is 17.4 Å². The van der Waals surface area contributed by atoms with Gasteiger partial charge in [-0.3, -0.25) is 4.79 Å². The SMILES string of the molecule is COc1ccc(NC(=O)N(C)C[C@@H]2Oc3ccc(NC(=O)Nc4ccc(C(F)(F)F)cc4)cc3CC(=O)N([C@@H](C)CO)C[C@@H]2C)cc1. The lowest BCUT2D eigenvalue weighted by Gasteiger charge is -2.34. The van der Waals surface area contributed by atoms with Crippen molar-refractivity contribution in [3.05, 3.63) is 77.9 Å². The second-order valence-corrected chi connectivity index (χ2v) is 11.4. The van der Waals surface area contributed by atoms with Gasteiger partial charge in [-0.15, -0.1) is 0 Å². The Morgan fingerprint density at radius 2 is 1.62 bits per heavy atom. The minimum absolute atomic E-state index is 0.0943. The number of nitrogens with one attached hydrogen (secondary N) is 3. The van der Waals surface area contributed by atoms with Crippen molar-refractivity contribution in [3.63, 3.8) is 0 Å². The van der Waals surface area contributed by atoms with Crippen molar-refractivity contribution in [2.75, 3.05) is 49.8 Å². The van der Waals surface area contributed by atoms with Gasteiger partial charge in [0.15, 0.2) is 0 Å². The van der Waals surface area contributed by atoms with E-state index < -0.39 is 29.9 Å². The summed E-state index contributed by atoms with van der Waals surface area (Å²) < 4.78 is 50.2. The van der Waals surface area contributed by atoms with Crippen molar-refractivity contribution < 1.29 is 42.1 Å². The molecule has 0 bridgehead atoms. The molecule has 14 heteroatoms. The van der Waals surface area contributed by atoms with Crippen molar-refractivity contribution in [1.29, 1.82) is 0 Å². The van der Waals surface area contributed by atoms with Gasteiger partial charge in [-0.1, -0.05) is 6.92 Å². The summed E-state index contributed by atoms with van der Waals surface area (Å²) in [6.07, 6.45) is -5.16. The van der Waals surface area contributed by atoms with E-state index in [1.807, 2.05) is 6.92 Å². The number of anilines is 3. The fourth-order valence-corrected chi connectivity index (χ4v) is 5.01. The van der Waals surface area contributed by atoms with Gasteiger partial charge in [0, 0.05) is 42.1 Å². The second kappa shape index (κ2) is 15.1. The molecular weight excluding hydrogens is 619 g/mol. The normalized spacial score (nSPS) is 17.2. The predicted molar refractivity (Wildman–Crippen MR) is 171 cm³/mol. The van der Waals surface area contributed by atoms with Gasteiger partial charge in [0.2, 0.25) is 5.91 Å². The molecule has 1 heterocycles. The number of likely N-dealkylation sites (N-methyl/N-ethyl adjacent to an activating group) is 1. The van der Waals surface area contributed by atoms with Crippen LogP contribution in [0.5, 0.6) is 11.5 Å². The number of hydrogen-bond acceptors (Lipinski definition) is 6. The van der Waals surface area contributed by atoms with Gasteiger partial charge in [-0.25, -0.2) is 9.59 Å². The topological polar surface area (TPSA) is 132 Å². The summed E-state index contributed by atoms with van der Waals surface area (Å²) in [6.45, 7) is 3.79. The van der Waals surface area contributed by atoms with Crippen LogP contribution in [0.3, 0.4) is 0 Å². The second-order valence-electron chi connectivity index (χ2n) is 11.4. The highest BCUT2D eigenvalue weighted by atomic mass is 19.4. The molecule has 1 aliphatic rings. The Hall–Kier alpha value is -4.98. The molecule has 252 valence electrons. The maximum Gasteiger partial charge on any atom is 0.416 e. The highest BCUT2D eigenvalue weighted by molar-refractivity contribution is 6.00. The van der Waals surface area contributed by atoms with Crippen LogP contribution in [0.15, 0.2) is 66.7 Å². The molecule has 5 amide bonds. The summed E-state index contributed by atoms with van der Waals surface area (Å²) in [5.74, 6) is 0.506. The first kappa shape index (κ1) is 34.9. The zero-order valence-electron chi connectivity index (χ0n) is 26.4. The first-order chi connectivity index (χ1) is 22.3. The average molecular weight is 658 g/mol. The number of fused-ring (bicyclic) bond motifs is 1. The molecule has 0 aromatic heterocycles. The lowest BCUT2D eigenvalue weighted by Crippen LogP contribution is -2.48. The number of aliphatic hydroxyl groups is 1. The minimum atomic E-state index is -4.50. The number of carbonyl (C=O) groups is 3. The van der Waals surface area contributed by atoms with Gasteiger partial charge in [-0.2, -0.15) is 13.2 Å². The number of hydrogen-bond donors (Lipinski definition) is 4. The van der Waals surface area contributed by atoms with E-state index >= 15 is 0 Å². The van der Waals surface area contributed by atoms with E-state index in [0.717, 1.165) is 24.3 Å². The van der Waals surface area contributed by atoms with Crippen LogP contribution in [0.25, 0.3) is 0 Å². The number of methoxy groups -OCH3 is 1. The van der Waals surface area contributed by atoms with Gasteiger partial charge in [0.05, 0.1) is 38.3 Å². The molecule has 3 atom stereocenters. The number of nitrogens with zero attached hydrogens (tertiary/aromatic N) is 2. The molecular formula is C33H38F3N5O6. The summed E-state index contributed by atoms with van der Waals surface area (Å²) in [5, 5.41) is 17.8. The summed E-state index contributed by atoms with van der Waals surface area (Å²) in [7, 11) is 3.18. The van der Waals surface area contributed by atoms with Gasteiger partial charge in [-0.05, 0) is 73.7 Å². The Kier molecular flexibility index (Phi) is 11.2. The summed E-state index contributed by atoms with van der Waals surface area (Å²) in [5.41, 5.74) is 0.662. The van der Waals surface area contributed by atoms with Crippen LogP contribution in [-0.4, -0.2) is 78.9 Å². The molecule has 1 aliphatic heterocycles. The maximum absolute atomic E-state index is 13.5. The summed E-state index contributed by atoms with van der Waals surface area (Å²) in [6, 6.07) is 14.1. The van der Waals surface area contributed by atoms with Gasteiger partial charge in [0.1, 0.15) is 17.6 Å². The van der Waals surface area contributed by atoms with Crippen molar-refractivity contribution >= 4 is 35.0 Å². The number of halogens is 3. The quantitative estimate of drug-likeness (QED) is 0.247. The highest BCUT2D eigenvalue weighted by Gasteiger charge is 2.32. The van der Waals surface area contributed by atoms with E-state index in [0.29, 0.717) is 28.4 Å². The van der Waals surface area contributed by atoms with Crippen LogP contribution in [0.2, 0.25) is 0 Å². The standard InChI is InChI=1S/C33H38F3N5O6/c1-20-17-41(21(2)19-42)30(43)16-22-15-26(38-31(44)37-24-7-5-23(6-8-24)33(34,35)36)11-14-28(22)47-29(20)18-40(3)32(45)39-25-9-12-27(46-4)13-10-25/h5-15,20-21,29,42H,16-19H2,1-4H3,(H,39,45)(H2,37,38,44)/t20-,21-,29-/m0/s1. The molecule has 47 heavy (non-hydrogen) atoms. The van der Waals surface area contributed by atoms with Crippen molar-refractivity contribution in [2.24, 2.45) is 5.92 Å². The molecule has 3 aromatic carbocycles. The monoisotopic (exact) mass is 657 g/mol. The molecule has 3 aromatic rings. The number of aliphatic hydroxyl groups excluding tert-OH is 1. The molecule has 11 nitrogen and oxygen atoms in total. The zero-order valence-corrected chi connectivity index (χ0v) is 26.4. The number of carbonyl (C=O) groups excluding carboxylic acids is 3. The number of rotatable bonds is 8. The lowest BCUT2D eigenvalue weighted by atomic mass is 10.0. The Labute approximate surface area is 270 Å². The van der Waals surface area contributed by atoms with Crippen molar-refractivity contribution in [1.82, 2.24) is 9.80 Å². The zero-order chi connectivity index (χ0) is 34.3. The molecule has 4 N–H and O–H groups in total.